The molecular formula is C46H61N7O13. The molecule has 2 aromatic rings. The van der Waals surface area contributed by atoms with E-state index in [-0.39, 0.29) is 36.5 Å². The van der Waals surface area contributed by atoms with E-state index in [2.05, 4.69) is 37.2 Å². The van der Waals surface area contributed by atoms with Crippen molar-refractivity contribution in [2.24, 2.45) is 5.92 Å². The topological polar surface area (TPSA) is 308 Å². The number of cyclic esters (lactones) is 1. The molecule has 0 radical (unpaired) electrons. The molecular weight excluding hydrogens is 859 g/mol. The average Bonchev–Trinajstić information content (AvgIpc) is 3.24. The molecule has 0 saturated carbocycles. The molecule has 0 bridgehead atoms. The number of hydrogen-bond donors (Lipinski definition) is 10. The van der Waals surface area contributed by atoms with Gasteiger partial charge < -0.3 is 57.3 Å². The molecule has 66 heavy (non-hydrogen) atoms. The summed E-state index contributed by atoms with van der Waals surface area (Å²) >= 11 is 0. The maximum absolute atomic E-state index is 14.4. The Hall–Kier alpha value is -7.25. The van der Waals surface area contributed by atoms with Crippen molar-refractivity contribution < 1.29 is 63.2 Å². The van der Waals surface area contributed by atoms with Gasteiger partial charge in [0.15, 0.2) is 0 Å². The Morgan fingerprint density at radius 1 is 0.773 bits per heavy atom. The number of carbonyl (C=O) groups is 9. The highest BCUT2D eigenvalue weighted by Crippen LogP contribution is 2.16. The van der Waals surface area contributed by atoms with Crippen LogP contribution in [0.15, 0.2) is 72.0 Å². The molecule has 20 heteroatoms. The molecule has 0 aromatic heterocycles. The lowest BCUT2D eigenvalue weighted by molar-refractivity contribution is -0.156. The summed E-state index contributed by atoms with van der Waals surface area (Å²) in [5.74, 6) is -9.00. The van der Waals surface area contributed by atoms with Gasteiger partial charge in [-0.15, -0.1) is 0 Å². The zero-order valence-corrected chi connectivity index (χ0v) is 38.1. The number of ether oxygens (including phenoxy) is 1. The molecule has 7 amide bonds. The molecule has 1 heterocycles. The summed E-state index contributed by atoms with van der Waals surface area (Å²) in [5, 5.41) is 46.7. The van der Waals surface area contributed by atoms with Crippen LogP contribution in [0.2, 0.25) is 0 Å². The highest BCUT2D eigenvalue weighted by molar-refractivity contribution is 6.02. The lowest BCUT2D eigenvalue weighted by Crippen LogP contribution is -2.62. The second-order valence-corrected chi connectivity index (χ2v) is 16.5. The van der Waals surface area contributed by atoms with Crippen molar-refractivity contribution in [3.8, 4) is 11.5 Å². The quantitative estimate of drug-likeness (QED) is 0.0833. The summed E-state index contributed by atoms with van der Waals surface area (Å²) in [4.78, 5) is 121. The smallest absolute Gasteiger partial charge is 0.328 e. The minimum absolute atomic E-state index is 0.0359. The van der Waals surface area contributed by atoms with Crippen LogP contribution in [0.1, 0.15) is 85.3 Å². The SMILES string of the molecule is C/C=C1\NC(=O)[C@H](C)NC(=O)C(NC(=O)[C@H](Cc2ccc(O)cc2)NC(=O)[C@@H](NC(=O)C=C(C)C)C(C)C)[C@@H](C)OC(=O)C(CCCc2ccc(O)cc2)NC(=O)C(CCC(=O)O)NC1=O. The Kier molecular flexibility index (Phi) is 20.3. The Morgan fingerprint density at radius 2 is 1.38 bits per heavy atom. The van der Waals surface area contributed by atoms with Gasteiger partial charge in [-0.1, -0.05) is 49.8 Å². The predicted molar refractivity (Wildman–Crippen MR) is 239 cm³/mol. The normalized spacial score (nSPS) is 21.2. The number of amides is 7. The molecule has 1 aliphatic rings. The van der Waals surface area contributed by atoms with E-state index >= 15 is 0 Å². The van der Waals surface area contributed by atoms with Crippen LogP contribution in [-0.4, -0.2) is 111 Å². The second-order valence-electron chi connectivity index (χ2n) is 16.5. The Bertz CT molecular complexity index is 2150. The third-order valence-corrected chi connectivity index (χ3v) is 10.3. The number of carboxylic acid groups (broad SMARTS) is 1. The molecule has 3 unspecified atom stereocenters. The number of allylic oxidation sites excluding steroid dienone is 2. The van der Waals surface area contributed by atoms with E-state index in [4.69, 9.17) is 4.74 Å². The molecule has 1 saturated heterocycles. The van der Waals surface area contributed by atoms with Gasteiger partial charge in [-0.3, -0.25) is 38.4 Å². The van der Waals surface area contributed by atoms with Crippen molar-refractivity contribution in [3.63, 3.8) is 0 Å². The van der Waals surface area contributed by atoms with Crippen LogP contribution in [0.3, 0.4) is 0 Å². The van der Waals surface area contributed by atoms with Crippen LogP contribution >= 0.6 is 0 Å². The van der Waals surface area contributed by atoms with Crippen LogP contribution in [0, 0.1) is 5.92 Å². The van der Waals surface area contributed by atoms with Crippen LogP contribution in [0.5, 0.6) is 11.5 Å². The van der Waals surface area contributed by atoms with Gasteiger partial charge in [0.25, 0.3) is 5.91 Å². The number of hydrogen-bond acceptors (Lipinski definition) is 12. The number of benzene rings is 2. The van der Waals surface area contributed by atoms with Crippen LogP contribution in [-0.2, 0) is 60.7 Å². The number of aryl methyl sites for hydroxylation is 1. The minimum atomic E-state index is -1.77. The summed E-state index contributed by atoms with van der Waals surface area (Å²) < 4.78 is 5.78. The number of phenols is 2. The number of esters is 1. The van der Waals surface area contributed by atoms with Gasteiger partial charge >= 0.3 is 11.9 Å². The van der Waals surface area contributed by atoms with E-state index in [0.29, 0.717) is 17.6 Å². The summed E-state index contributed by atoms with van der Waals surface area (Å²) in [6, 6.07) is 3.29. The molecule has 2 aromatic carbocycles. The lowest BCUT2D eigenvalue weighted by Gasteiger charge is -2.30. The summed E-state index contributed by atoms with van der Waals surface area (Å²) in [6.45, 7) is 10.7. The van der Waals surface area contributed by atoms with Crippen molar-refractivity contribution >= 4 is 53.3 Å². The molecule has 3 rings (SSSR count). The molecule has 1 fully saturated rings. The Morgan fingerprint density at radius 3 is 1.94 bits per heavy atom. The highest BCUT2D eigenvalue weighted by Gasteiger charge is 2.38. The monoisotopic (exact) mass is 919 g/mol. The first kappa shape index (κ1) is 53.1. The third-order valence-electron chi connectivity index (χ3n) is 10.3. The Labute approximate surface area is 382 Å². The number of phenolic OH excluding ortho intramolecular Hbond substituents is 2. The van der Waals surface area contributed by atoms with Crippen LogP contribution in [0.25, 0.3) is 0 Å². The number of nitrogens with one attached hydrogen (secondary N) is 7. The van der Waals surface area contributed by atoms with Crippen molar-refractivity contribution in [1.29, 1.82) is 0 Å². The van der Waals surface area contributed by atoms with Gasteiger partial charge in [-0.2, -0.15) is 0 Å². The van der Waals surface area contributed by atoms with Gasteiger partial charge in [0.05, 0.1) is 0 Å². The molecule has 0 spiro atoms. The number of aliphatic carboxylic acids is 1. The fourth-order valence-electron chi connectivity index (χ4n) is 6.65. The van der Waals surface area contributed by atoms with E-state index in [1.165, 1.54) is 69.3 Å². The zero-order valence-electron chi connectivity index (χ0n) is 38.1. The van der Waals surface area contributed by atoms with E-state index in [1.807, 2.05) is 0 Å². The van der Waals surface area contributed by atoms with E-state index in [1.54, 1.807) is 39.8 Å². The van der Waals surface area contributed by atoms with Crippen molar-refractivity contribution in [2.45, 2.75) is 129 Å². The van der Waals surface area contributed by atoms with Gasteiger partial charge in [0.2, 0.25) is 35.4 Å². The van der Waals surface area contributed by atoms with Crippen LogP contribution in [0.4, 0.5) is 0 Å². The van der Waals surface area contributed by atoms with Gasteiger partial charge in [-0.05, 0) is 102 Å². The maximum atomic E-state index is 14.4. The highest BCUT2D eigenvalue weighted by atomic mass is 16.5. The molecule has 0 aliphatic carbocycles. The fourth-order valence-corrected chi connectivity index (χ4v) is 6.65. The number of carbonyl (C=O) groups excluding carboxylic acids is 8. The van der Waals surface area contributed by atoms with Crippen molar-refractivity contribution in [2.75, 3.05) is 0 Å². The predicted octanol–water partition coefficient (Wildman–Crippen LogP) is 1.04. The first-order chi connectivity index (χ1) is 31.1. The summed E-state index contributed by atoms with van der Waals surface area (Å²) in [5.41, 5.74) is 1.56. The van der Waals surface area contributed by atoms with Crippen molar-refractivity contribution in [1.82, 2.24) is 37.2 Å². The summed E-state index contributed by atoms with van der Waals surface area (Å²) in [6.07, 6.45) is 0.354. The number of carboxylic acids is 1. The third kappa shape index (κ3) is 17.0. The first-order valence-electron chi connectivity index (χ1n) is 21.5. The van der Waals surface area contributed by atoms with E-state index < -0.39 is 114 Å². The lowest BCUT2D eigenvalue weighted by atomic mass is 10.00. The molecule has 20 nitrogen and oxygen atoms in total. The Balaban J connectivity index is 2.07. The van der Waals surface area contributed by atoms with Gasteiger partial charge in [0.1, 0.15) is 59.6 Å². The van der Waals surface area contributed by atoms with E-state index in [9.17, 15) is 58.5 Å². The minimum Gasteiger partial charge on any atom is -0.508 e. The first-order valence-corrected chi connectivity index (χ1v) is 21.5. The standard InChI is InChI=1S/C46H61N7O13/c1-8-32-41(60)49-33(20-21-37(57)58)42(61)50-34(11-9-10-28-12-16-30(54)17-13-28)46(65)66-27(7)39(45(64)47-26(6)40(59)48-32)53-43(62)35(23-29-14-18-31(55)19-15-29)51-44(63)38(25(4)5)52-36(56)22-24(2)3/h8,12-19,22,25-27,33-35,38-39,54-55H,9-11,20-21,23H2,1-7H3,(H,47,64)(H,48,59)(H,49,60)(H,50,61)(H,51,63)(H,52,56)(H,53,62)(H,57,58)/b32-8-/t26-,27+,33?,34?,35-,38-,39?/m0/s1. The van der Waals surface area contributed by atoms with Crippen molar-refractivity contribution in [3.05, 3.63) is 83.1 Å². The maximum Gasteiger partial charge on any atom is 0.328 e. The second kappa shape index (κ2) is 25.3. The molecule has 1 aliphatic heterocycles. The van der Waals surface area contributed by atoms with Gasteiger partial charge in [0, 0.05) is 18.9 Å². The molecule has 10 N–H and O–H groups in total. The zero-order chi connectivity index (χ0) is 49.2. The molecule has 7 atom stereocenters. The van der Waals surface area contributed by atoms with E-state index in [0.717, 1.165) is 5.56 Å². The van der Waals surface area contributed by atoms with Gasteiger partial charge in [-0.25, -0.2) is 4.79 Å². The fraction of sp³-hybridized carbons (Fsp3) is 0.457. The average molecular weight is 920 g/mol. The largest absolute Gasteiger partial charge is 0.508 e. The number of rotatable bonds is 16. The summed E-state index contributed by atoms with van der Waals surface area (Å²) in [7, 11) is 0. The van der Waals surface area contributed by atoms with Crippen LogP contribution < -0.4 is 37.2 Å². The number of aromatic hydroxyl groups is 2. The molecule has 358 valence electrons.